The number of hydrogen-bond donors (Lipinski definition) is 3. The van der Waals surface area contributed by atoms with Gasteiger partial charge in [-0.1, -0.05) is 19.9 Å². The first-order valence-corrected chi connectivity index (χ1v) is 7.50. The molecule has 1 aliphatic carbocycles. The van der Waals surface area contributed by atoms with E-state index in [-0.39, 0.29) is 23.4 Å². The summed E-state index contributed by atoms with van der Waals surface area (Å²) in [5.74, 6) is 6.18. The molecular formula is C17H24FN3O2. The molecule has 0 atom stereocenters. The van der Waals surface area contributed by atoms with E-state index >= 15 is 0 Å². The number of hydrazine groups is 1. The van der Waals surface area contributed by atoms with Crippen molar-refractivity contribution in [2.24, 2.45) is 17.0 Å². The van der Waals surface area contributed by atoms with Gasteiger partial charge < -0.3 is 15.6 Å². The lowest BCUT2D eigenvalue weighted by atomic mass is 9.83. The van der Waals surface area contributed by atoms with Crippen LogP contribution in [0.3, 0.4) is 0 Å². The number of aliphatic hydroxyl groups is 1. The van der Waals surface area contributed by atoms with E-state index in [0.29, 0.717) is 11.4 Å². The summed E-state index contributed by atoms with van der Waals surface area (Å²) < 4.78 is 19.4. The Balaban J connectivity index is 2.54. The lowest BCUT2D eigenvalue weighted by molar-refractivity contribution is 0.327. The summed E-state index contributed by atoms with van der Waals surface area (Å²) in [5, 5.41) is 10.7. The summed E-state index contributed by atoms with van der Waals surface area (Å²) in [7, 11) is 1.50. The Morgan fingerprint density at radius 1 is 1.43 bits per heavy atom. The molecule has 2 rings (SSSR count). The van der Waals surface area contributed by atoms with E-state index in [1.165, 1.54) is 30.3 Å². The van der Waals surface area contributed by atoms with Crippen LogP contribution in [0.25, 0.3) is 0 Å². The van der Waals surface area contributed by atoms with Crippen LogP contribution in [0, 0.1) is 11.2 Å². The van der Waals surface area contributed by atoms with Crippen LogP contribution in [-0.2, 0) is 0 Å². The van der Waals surface area contributed by atoms with Gasteiger partial charge in [0.05, 0.1) is 30.8 Å². The topological polar surface area (TPSA) is 84.7 Å². The van der Waals surface area contributed by atoms with Crippen LogP contribution in [0.1, 0.15) is 26.7 Å². The third-order valence-electron chi connectivity index (χ3n) is 4.23. The first kappa shape index (κ1) is 17.3. The lowest BCUT2D eigenvalue weighted by Crippen LogP contribution is -2.36. The van der Waals surface area contributed by atoms with Crippen molar-refractivity contribution in [3.63, 3.8) is 0 Å². The standard InChI is InChI=1S/C17H24FN3O2/c1-17(2)8-4-5-12(17)16(14(19)10-22)21(20)15-9-11(23-3)6-7-13(15)18/h5-7,9,22H,4,8,10,19-20H2,1-3H3/b16-14-. The number of benzene rings is 1. The number of ether oxygens (including phenoxy) is 1. The third-order valence-corrected chi connectivity index (χ3v) is 4.23. The second-order valence-corrected chi connectivity index (χ2v) is 6.26. The van der Waals surface area contributed by atoms with Gasteiger partial charge in [0.25, 0.3) is 0 Å². The van der Waals surface area contributed by atoms with E-state index in [9.17, 15) is 9.50 Å². The average molecular weight is 321 g/mol. The smallest absolute Gasteiger partial charge is 0.148 e. The molecule has 5 nitrogen and oxygen atoms in total. The molecule has 1 aromatic carbocycles. The number of nitrogens with two attached hydrogens (primary N) is 2. The summed E-state index contributed by atoms with van der Waals surface area (Å²) in [4.78, 5) is 0. The number of rotatable bonds is 5. The second-order valence-electron chi connectivity index (χ2n) is 6.26. The molecule has 0 fully saturated rings. The van der Waals surface area contributed by atoms with Gasteiger partial charge in [-0.15, -0.1) is 0 Å². The van der Waals surface area contributed by atoms with Gasteiger partial charge in [-0.25, -0.2) is 10.2 Å². The van der Waals surface area contributed by atoms with Crippen LogP contribution in [0.2, 0.25) is 0 Å². The van der Waals surface area contributed by atoms with Crippen LogP contribution in [0.4, 0.5) is 10.1 Å². The Kier molecular flexibility index (Phi) is 4.97. The van der Waals surface area contributed by atoms with Gasteiger partial charge in [0.2, 0.25) is 0 Å². The van der Waals surface area contributed by atoms with Crippen molar-refractivity contribution in [1.82, 2.24) is 0 Å². The first-order valence-electron chi connectivity index (χ1n) is 7.50. The summed E-state index contributed by atoms with van der Waals surface area (Å²) in [6.07, 6.45) is 3.87. The molecule has 0 heterocycles. The van der Waals surface area contributed by atoms with Gasteiger partial charge in [-0.3, -0.25) is 5.01 Å². The molecule has 0 aromatic heterocycles. The normalized spacial score (nSPS) is 17.6. The summed E-state index contributed by atoms with van der Waals surface area (Å²) in [6, 6.07) is 4.31. The molecule has 23 heavy (non-hydrogen) atoms. The molecule has 0 unspecified atom stereocenters. The number of halogens is 1. The maximum Gasteiger partial charge on any atom is 0.148 e. The predicted molar refractivity (Wildman–Crippen MR) is 89.0 cm³/mol. The number of methoxy groups -OCH3 is 1. The SMILES string of the molecule is COc1ccc(F)c(N(N)/C(C2=CCCC2(C)C)=C(\N)CO)c1. The quantitative estimate of drug-likeness (QED) is 0.573. The van der Waals surface area contributed by atoms with Crippen molar-refractivity contribution in [2.75, 3.05) is 18.7 Å². The van der Waals surface area contributed by atoms with Crippen molar-refractivity contribution in [3.8, 4) is 5.75 Å². The van der Waals surface area contributed by atoms with E-state index in [1.54, 1.807) is 0 Å². The molecule has 0 saturated carbocycles. The molecule has 5 N–H and O–H groups in total. The molecule has 0 aliphatic heterocycles. The van der Waals surface area contributed by atoms with Gasteiger partial charge in [0.15, 0.2) is 0 Å². The van der Waals surface area contributed by atoms with Gasteiger partial charge in [-0.05, 0) is 36.0 Å². The summed E-state index contributed by atoms with van der Waals surface area (Å²) >= 11 is 0. The molecule has 6 heteroatoms. The molecular weight excluding hydrogens is 297 g/mol. The van der Waals surface area contributed by atoms with Crippen molar-refractivity contribution < 1.29 is 14.2 Å². The zero-order valence-corrected chi connectivity index (χ0v) is 13.8. The van der Waals surface area contributed by atoms with E-state index in [4.69, 9.17) is 16.3 Å². The van der Waals surface area contributed by atoms with E-state index in [2.05, 4.69) is 13.8 Å². The number of hydrogen-bond acceptors (Lipinski definition) is 5. The first-order chi connectivity index (χ1) is 10.8. The predicted octanol–water partition coefficient (Wildman–Crippen LogP) is 2.42. The minimum Gasteiger partial charge on any atom is -0.497 e. The minimum absolute atomic E-state index is 0.138. The second kappa shape index (κ2) is 6.60. The third kappa shape index (κ3) is 3.33. The largest absolute Gasteiger partial charge is 0.497 e. The Hall–Kier alpha value is -2.05. The number of anilines is 1. The maximum absolute atomic E-state index is 14.2. The molecule has 0 bridgehead atoms. The van der Waals surface area contributed by atoms with Crippen molar-refractivity contribution in [3.05, 3.63) is 47.1 Å². The van der Waals surface area contributed by atoms with Crippen LogP contribution in [0.15, 0.2) is 41.2 Å². The Morgan fingerprint density at radius 3 is 2.65 bits per heavy atom. The van der Waals surface area contributed by atoms with Gasteiger partial charge in [0, 0.05) is 6.07 Å². The Morgan fingerprint density at radius 2 is 2.13 bits per heavy atom. The van der Waals surface area contributed by atoms with Crippen LogP contribution in [0.5, 0.6) is 5.75 Å². The fourth-order valence-corrected chi connectivity index (χ4v) is 2.86. The average Bonchev–Trinajstić information content (AvgIpc) is 2.87. The van der Waals surface area contributed by atoms with Gasteiger partial charge >= 0.3 is 0 Å². The van der Waals surface area contributed by atoms with Crippen molar-refractivity contribution in [1.29, 1.82) is 0 Å². The van der Waals surface area contributed by atoms with E-state index in [1.807, 2.05) is 6.08 Å². The molecule has 1 aromatic rings. The van der Waals surface area contributed by atoms with E-state index in [0.717, 1.165) is 18.4 Å². The van der Waals surface area contributed by atoms with Crippen LogP contribution in [-0.4, -0.2) is 18.8 Å². The van der Waals surface area contributed by atoms with E-state index < -0.39 is 5.82 Å². The van der Waals surface area contributed by atoms with Crippen molar-refractivity contribution >= 4 is 5.69 Å². The van der Waals surface area contributed by atoms with Crippen LogP contribution < -0.4 is 21.3 Å². The Labute approximate surface area is 136 Å². The van der Waals surface area contributed by atoms with Gasteiger partial charge in [-0.2, -0.15) is 0 Å². The molecule has 1 aliphatic rings. The monoisotopic (exact) mass is 321 g/mol. The lowest BCUT2D eigenvalue weighted by Gasteiger charge is -2.32. The maximum atomic E-state index is 14.2. The molecule has 0 radical (unpaired) electrons. The van der Waals surface area contributed by atoms with Gasteiger partial charge in [0.1, 0.15) is 11.6 Å². The highest BCUT2D eigenvalue weighted by molar-refractivity contribution is 5.61. The zero-order chi connectivity index (χ0) is 17.2. The van der Waals surface area contributed by atoms with Crippen molar-refractivity contribution in [2.45, 2.75) is 26.7 Å². The minimum atomic E-state index is -0.493. The highest BCUT2D eigenvalue weighted by Gasteiger charge is 2.33. The molecule has 0 saturated heterocycles. The zero-order valence-electron chi connectivity index (χ0n) is 13.8. The molecule has 126 valence electrons. The number of nitrogens with zero attached hydrogens (tertiary/aromatic N) is 1. The Bertz CT molecular complexity index is 653. The summed E-state index contributed by atoms with van der Waals surface area (Å²) in [5.41, 5.74) is 7.54. The number of allylic oxidation sites excluding steroid dienone is 2. The fraction of sp³-hybridized carbons (Fsp3) is 0.412. The van der Waals surface area contributed by atoms with Crippen LogP contribution >= 0.6 is 0 Å². The fourth-order valence-electron chi connectivity index (χ4n) is 2.86. The summed E-state index contributed by atoms with van der Waals surface area (Å²) in [6.45, 7) is 3.79. The molecule has 0 amide bonds. The molecule has 0 spiro atoms. The highest BCUT2D eigenvalue weighted by atomic mass is 19.1. The number of aliphatic hydroxyl groups excluding tert-OH is 1. The highest BCUT2D eigenvalue weighted by Crippen LogP contribution is 2.44.